The highest BCUT2D eigenvalue weighted by molar-refractivity contribution is 6.01. The van der Waals surface area contributed by atoms with E-state index in [0.717, 1.165) is 88.1 Å². The van der Waals surface area contributed by atoms with Crippen molar-refractivity contribution in [2.75, 3.05) is 62.6 Å². The summed E-state index contributed by atoms with van der Waals surface area (Å²) in [5, 5.41) is 8.55. The van der Waals surface area contributed by atoms with Crippen LogP contribution >= 0.6 is 0 Å². The van der Waals surface area contributed by atoms with Gasteiger partial charge in [0.1, 0.15) is 23.5 Å². The molecular formula is C46H50F3N11O5. The number of amides is 4. The van der Waals surface area contributed by atoms with Crippen LogP contribution in [0.4, 0.5) is 30.4 Å². The van der Waals surface area contributed by atoms with Gasteiger partial charge in [-0.05, 0) is 105 Å². The SMILES string of the molecule is O=C1CCC(c2ccc(OCC(=O)N3CCC(CCN4CCN(c5ccc(Nc6ncnc7c6ncn7C6CC(NC(=O)c7cccc(C(F)(F)F)n7)C6)cc5)CC4)CC3)cc2)C(=O)N1. The average molecular weight is 894 g/mol. The number of alkyl halides is 3. The molecule has 3 aromatic heterocycles. The number of imidazole rings is 1. The number of fused-ring (bicyclic) bond motifs is 1. The molecule has 4 amide bonds. The summed E-state index contributed by atoms with van der Waals surface area (Å²) in [6, 6.07) is 18.5. The van der Waals surface area contributed by atoms with Crippen molar-refractivity contribution in [2.45, 2.75) is 69.1 Å². The van der Waals surface area contributed by atoms with E-state index in [9.17, 15) is 32.3 Å². The highest BCUT2D eigenvalue weighted by Gasteiger charge is 2.36. The van der Waals surface area contributed by atoms with Gasteiger partial charge in [-0.2, -0.15) is 13.2 Å². The van der Waals surface area contributed by atoms with Gasteiger partial charge in [-0.3, -0.25) is 29.4 Å². The fraction of sp³-hybridized carbons (Fsp3) is 0.435. The Morgan fingerprint density at radius 3 is 2.34 bits per heavy atom. The van der Waals surface area contributed by atoms with E-state index in [0.29, 0.717) is 54.3 Å². The molecule has 0 radical (unpaired) electrons. The third-order valence-corrected chi connectivity index (χ3v) is 13.0. The third kappa shape index (κ3) is 10.2. The molecule has 16 nitrogen and oxygen atoms in total. The summed E-state index contributed by atoms with van der Waals surface area (Å²) >= 11 is 0. The Kier molecular flexibility index (Phi) is 12.6. The van der Waals surface area contributed by atoms with Crippen LogP contribution in [0.1, 0.15) is 78.7 Å². The van der Waals surface area contributed by atoms with Gasteiger partial charge in [0.05, 0.1) is 12.2 Å². The summed E-state index contributed by atoms with van der Waals surface area (Å²) in [5.74, 6) is 0.173. The molecule has 340 valence electrons. The first-order valence-corrected chi connectivity index (χ1v) is 22.1. The van der Waals surface area contributed by atoms with E-state index in [4.69, 9.17) is 4.74 Å². The predicted molar refractivity (Wildman–Crippen MR) is 233 cm³/mol. The third-order valence-electron chi connectivity index (χ3n) is 13.0. The van der Waals surface area contributed by atoms with Gasteiger partial charge in [0.25, 0.3) is 11.8 Å². The lowest BCUT2D eigenvalue weighted by molar-refractivity contribution is -0.141. The Bertz CT molecular complexity index is 2510. The number of hydrogen-bond acceptors (Lipinski definition) is 12. The predicted octanol–water partition coefficient (Wildman–Crippen LogP) is 5.47. The van der Waals surface area contributed by atoms with Gasteiger partial charge in [-0.15, -0.1) is 0 Å². The number of nitrogens with one attached hydrogen (secondary N) is 3. The molecular weight excluding hydrogens is 844 g/mol. The van der Waals surface area contributed by atoms with Crippen molar-refractivity contribution < 1.29 is 37.1 Å². The van der Waals surface area contributed by atoms with Gasteiger partial charge in [-0.1, -0.05) is 18.2 Å². The topological polar surface area (TPSA) is 180 Å². The molecule has 0 bridgehead atoms. The number of aromatic nitrogens is 5. The van der Waals surface area contributed by atoms with Gasteiger partial charge in [-0.25, -0.2) is 19.9 Å². The fourth-order valence-corrected chi connectivity index (χ4v) is 9.12. The minimum absolute atomic E-state index is 0.000948. The van der Waals surface area contributed by atoms with E-state index in [-0.39, 0.29) is 48.0 Å². The number of piperazine rings is 1. The van der Waals surface area contributed by atoms with Crippen LogP contribution in [0, 0.1) is 5.92 Å². The van der Waals surface area contributed by atoms with Crippen LogP contribution in [0.2, 0.25) is 0 Å². The Balaban J connectivity index is 0.676. The summed E-state index contributed by atoms with van der Waals surface area (Å²) in [6.07, 6.45) is 3.55. The van der Waals surface area contributed by atoms with Crippen molar-refractivity contribution in [1.29, 1.82) is 0 Å². The number of carbonyl (C=O) groups is 4. The summed E-state index contributed by atoms with van der Waals surface area (Å²) in [5.41, 5.74) is 2.69. The summed E-state index contributed by atoms with van der Waals surface area (Å²) < 4.78 is 47.0. The molecule has 1 saturated carbocycles. The first-order valence-electron chi connectivity index (χ1n) is 22.1. The molecule has 1 aliphatic carbocycles. The van der Waals surface area contributed by atoms with Gasteiger partial charge in [0.2, 0.25) is 11.8 Å². The molecule has 4 aliphatic rings. The number of halogens is 3. The van der Waals surface area contributed by atoms with Crippen molar-refractivity contribution in [2.24, 2.45) is 5.92 Å². The minimum atomic E-state index is -4.63. The second-order valence-corrected chi connectivity index (χ2v) is 17.2. The second-order valence-electron chi connectivity index (χ2n) is 17.2. The second kappa shape index (κ2) is 18.8. The smallest absolute Gasteiger partial charge is 0.433 e. The zero-order valence-corrected chi connectivity index (χ0v) is 35.7. The van der Waals surface area contributed by atoms with Gasteiger partial charge < -0.3 is 29.7 Å². The summed E-state index contributed by atoms with van der Waals surface area (Å²) in [6.45, 7) is 6.28. The number of imide groups is 1. The molecule has 3 N–H and O–H groups in total. The van der Waals surface area contributed by atoms with Crippen LogP contribution < -0.4 is 25.6 Å². The Morgan fingerprint density at radius 1 is 0.862 bits per heavy atom. The number of nitrogens with zero attached hydrogens (tertiary/aromatic N) is 8. The maximum atomic E-state index is 13.1. The Morgan fingerprint density at radius 2 is 1.62 bits per heavy atom. The maximum Gasteiger partial charge on any atom is 0.433 e. The lowest BCUT2D eigenvalue weighted by Gasteiger charge is -2.37. The number of pyridine rings is 1. The van der Waals surface area contributed by atoms with Gasteiger partial charge >= 0.3 is 6.18 Å². The first kappa shape index (κ1) is 43.6. The molecule has 1 atom stereocenters. The Hall–Kier alpha value is -6.63. The van der Waals surface area contributed by atoms with Crippen LogP contribution in [-0.4, -0.2) is 116 Å². The quantitative estimate of drug-likeness (QED) is 0.127. The minimum Gasteiger partial charge on any atom is -0.484 e. The van der Waals surface area contributed by atoms with Gasteiger partial charge in [0, 0.05) is 69.1 Å². The summed E-state index contributed by atoms with van der Waals surface area (Å²) in [7, 11) is 0. The number of piperidine rings is 2. The highest BCUT2D eigenvalue weighted by atomic mass is 19.4. The number of anilines is 3. The Labute approximate surface area is 373 Å². The van der Waals surface area contributed by atoms with Crippen molar-refractivity contribution in [3.63, 3.8) is 0 Å². The zero-order chi connectivity index (χ0) is 45.1. The van der Waals surface area contributed by atoms with Crippen molar-refractivity contribution >= 4 is 52.0 Å². The zero-order valence-electron chi connectivity index (χ0n) is 35.7. The fourth-order valence-electron chi connectivity index (χ4n) is 9.12. The molecule has 19 heteroatoms. The van der Waals surface area contributed by atoms with Crippen molar-refractivity contribution in [3.8, 4) is 5.75 Å². The molecule has 3 saturated heterocycles. The van der Waals surface area contributed by atoms with Crippen LogP contribution in [0.3, 0.4) is 0 Å². The molecule has 1 unspecified atom stereocenters. The number of hydrogen-bond donors (Lipinski definition) is 3. The number of ether oxygens (including phenoxy) is 1. The maximum absolute atomic E-state index is 13.1. The molecule has 9 rings (SSSR count). The van der Waals surface area contributed by atoms with Crippen LogP contribution in [-0.2, 0) is 20.6 Å². The van der Waals surface area contributed by atoms with E-state index < -0.39 is 17.8 Å². The monoisotopic (exact) mass is 893 g/mol. The number of benzene rings is 2. The van der Waals surface area contributed by atoms with Crippen LogP contribution in [0.5, 0.6) is 5.75 Å². The average Bonchev–Trinajstić information content (AvgIpc) is 3.73. The molecule has 3 aliphatic heterocycles. The lowest BCUT2D eigenvalue weighted by Crippen LogP contribution is -2.47. The van der Waals surface area contributed by atoms with Crippen molar-refractivity contribution in [3.05, 3.63) is 96.3 Å². The summed E-state index contributed by atoms with van der Waals surface area (Å²) in [4.78, 5) is 73.1. The van der Waals surface area contributed by atoms with Crippen LogP contribution in [0.15, 0.2) is 79.4 Å². The van der Waals surface area contributed by atoms with E-state index in [2.05, 4.69) is 57.8 Å². The molecule has 6 heterocycles. The number of carbonyl (C=O) groups excluding carboxylic acids is 4. The molecule has 5 aromatic rings. The van der Waals surface area contributed by atoms with Crippen LogP contribution in [0.25, 0.3) is 11.2 Å². The standard InChI is InChI=1S/C46H50F3N11O5/c47-46(48,49)38-3-1-2-37(55-38)45(64)54-32-24-34(25-32)60-28-52-41-42(50-27-51-43(41)60)53-31-6-8-33(9-7-31)58-22-20-57(21-23-58)17-14-29-15-18-59(19-16-29)40(62)26-65-35-10-4-30(5-11-35)36-12-13-39(61)56-44(36)63/h1-11,27-29,32,34,36H,12-26H2,(H,54,64)(H,50,51,53)(H,56,61,63). The highest BCUT2D eigenvalue weighted by Crippen LogP contribution is 2.36. The van der Waals surface area contributed by atoms with E-state index in [1.54, 1.807) is 18.5 Å². The molecule has 65 heavy (non-hydrogen) atoms. The van der Waals surface area contributed by atoms with Gasteiger partial charge in [0.15, 0.2) is 23.6 Å². The largest absolute Gasteiger partial charge is 0.484 e. The van der Waals surface area contributed by atoms with E-state index in [1.807, 2.05) is 33.7 Å². The lowest BCUT2D eigenvalue weighted by atomic mass is 9.86. The number of likely N-dealkylation sites (tertiary alicyclic amines) is 1. The van der Waals surface area contributed by atoms with E-state index in [1.165, 1.54) is 18.5 Å². The molecule has 4 fully saturated rings. The molecule has 2 aromatic carbocycles. The molecule has 0 spiro atoms. The van der Waals surface area contributed by atoms with Crippen molar-refractivity contribution in [1.82, 2.24) is 44.9 Å². The normalized spacial score (nSPS) is 20.9. The van der Waals surface area contributed by atoms with E-state index >= 15 is 0 Å². The first-order chi connectivity index (χ1) is 31.4. The number of rotatable bonds is 13.